The largest absolute Gasteiger partial charge is 0.324 e. The van der Waals surface area contributed by atoms with Crippen molar-refractivity contribution in [2.75, 3.05) is 18.4 Å². The molecule has 2 N–H and O–H groups in total. The van der Waals surface area contributed by atoms with E-state index in [1.165, 1.54) is 16.4 Å². The molecule has 1 aromatic carbocycles. The SMILES string of the molecule is O=C1CCC(N2Cc3c(C#CC4CCN(C(=O)Nc5cnsc5)CC4)cccc3C2=O)C(=O)N1. The summed E-state index contributed by atoms with van der Waals surface area (Å²) in [4.78, 5) is 52.4. The second kappa shape index (κ2) is 9.27. The molecule has 34 heavy (non-hydrogen) atoms. The highest BCUT2D eigenvalue weighted by atomic mass is 32.1. The van der Waals surface area contributed by atoms with Crippen LogP contribution in [0.4, 0.5) is 10.5 Å². The number of carbonyl (C=O) groups is 4. The van der Waals surface area contributed by atoms with E-state index in [0.717, 1.165) is 24.0 Å². The lowest BCUT2D eigenvalue weighted by molar-refractivity contribution is -0.136. The van der Waals surface area contributed by atoms with Gasteiger partial charge in [-0.1, -0.05) is 17.9 Å². The minimum atomic E-state index is -0.640. The number of benzene rings is 1. The number of fused-ring (bicyclic) bond motifs is 1. The summed E-state index contributed by atoms with van der Waals surface area (Å²) in [7, 11) is 0. The quantitative estimate of drug-likeness (QED) is 0.509. The minimum Gasteiger partial charge on any atom is -0.324 e. The summed E-state index contributed by atoms with van der Waals surface area (Å²) in [5.74, 6) is 5.81. The van der Waals surface area contributed by atoms with Crippen LogP contribution in [0.2, 0.25) is 0 Å². The van der Waals surface area contributed by atoms with Gasteiger partial charge in [0, 0.05) is 48.5 Å². The predicted molar refractivity (Wildman–Crippen MR) is 125 cm³/mol. The zero-order chi connectivity index (χ0) is 23.7. The molecular formula is C24H23N5O4S. The lowest BCUT2D eigenvalue weighted by atomic mass is 9.96. The number of hydrogen-bond donors (Lipinski definition) is 2. The van der Waals surface area contributed by atoms with Crippen molar-refractivity contribution >= 4 is 41.0 Å². The summed E-state index contributed by atoms with van der Waals surface area (Å²) < 4.78 is 3.99. The van der Waals surface area contributed by atoms with Crippen molar-refractivity contribution in [3.63, 3.8) is 0 Å². The molecule has 3 aliphatic rings. The topological polar surface area (TPSA) is 112 Å². The first-order chi connectivity index (χ1) is 16.5. The molecule has 5 rings (SSSR count). The predicted octanol–water partition coefficient (Wildman–Crippen LogP) is 2.20. The molecule has 2 aromatic rings. The molecule has 2 fully saturated rings. The van der Waals surface area contributed by atoms with E-state index in [9.17, 15) is 19.2 Å². The number of hydrogen-bond acceptors (Lipinski definition) is 6. The van der Waals surface area contributed by atoms with Gasteiger partial charge in [-0.15, -0.1) is 0 Å². The molecule has 9 nitrogen and oxygen atoms in total. The lowest BCUT2D eigenvalue weighted by Gasteiger charge is -2.29. The van der Waals surface area contributed by atoms with Gasteiger partial charge in [-0.05, 0) is 48.5 Å². The molecule has 0 spiro atoms. The van der Waals surface area contributed by atoms with E-state index < -0.39 is 11.9 Å². The maximum absolute atomic E-state index is 13.0. The molecule has 0 bridgehead atoms. The highest BCUT2D eigenvalue weighted by Gasteiger charge is 2.39. The van der Waals surface area contributed by atoms with Crippen molar-refractivity contribution in [2.45, 2.75) is 38.3 Å². The van der Waals surface area contributed by atoms with Crippen molar-refractivity contribution in [3.05, 3.63) is 46.5 Å². The molecule has 2 saturated heterocycles. The fourth-order valence-electron chi connectivity index (χ4n) is 4.58. The Bertz CT molecular complexity index is 1210. The Labute approximate surface area is 200 Å². The van der Waals surface area contributed by atoms with Crippen LogP contribution in [0, 0.1) is 17.8 Å². The van der Waals surface area contributed by atoms with Gasteiger partial charge in [-0.25, -0.2) is 4.79 Å². The van der Waals surface area contributed by atoms with Crippen LogP contribution in [0.25, 0.3) is 0 Å². The van der Waals surface area contributed by atoms with Gasteiger partial charge >= 0.3 is 6.03 Å². The maximum atomic E-state index is 13.0. The Morgan fingerprint density at radius 1 is 1.18 bits per heavy atom. The highest BCUT2D eigenvalue weighted by Crippen LogP contribution is 2.29. The van der Waals surface area contributed by atoms with Gasteiger partial charge in [-0.3, -0.25) is 19.7 Å². The summed E-state index contributed by atoms with van der Waals surface area (Å²) in [5.41, 5.74) is 2.87. The smallest absolute Gasteiger partial charge is 0.321 e. The van der Waals surface area contributed by atoms with E-state index >= 15 is 0 Å². The van der Waals surface area contributed by atoms with Gasteiger partial charge in [0.05, 0.1) is 11.9 Å². The second-order valence-electron chi connectivity index (χ2n) is 8.61. The van der Waals surface area contributed by atoms with Gasteiger partial charge in [-0.2, -0.15) is 4.37 Å². The number of anilines is 1. The molecule has 5 amide bonds. The molecule has 10 heteroatoms. The van der Waals surface area contributed by atoms with Gasteiger partial charge in [0.15, 0.2) is 0 Å². The number of likely N-dealkylation sites (tertiary alicyclic amines) is 1. The van der Waals surface area contributed by atoms with E-state index in [1.807, 2.05) is 6.07 Å². The lowest BCUT2D eigenvalue weighted by Crippen LogP contribution is -2.52. The zero-order valence-electron chi connectivity index (χ0n) is 18.4. The average molecular weight is 478 g/mol. The van der Waals surface area contributed by atoms with Crippen LogP contribution in [0.3, 0.4) is 0 Å². The number of rotatable bonds is 2. The van der Waals surface area contributed by atoms with Crippen LogP contribution < -0.4 is 10.6 Å². The Morgan fingerprint density at radius 3 is 2.74 bits per heavy atom. The van der Waals surface area contributed by atoms with Crippen molar-refractivity contribution in [1.82, 2.24) is 19.5 Å². The molecular weight excluding hydrogens is 454 g/mol. The molecule has 0 radical (unpaired) electrons. The Morgan fingerprint density at radius 2 is 2.00 bits per heavy atom. The Kier molecular flexibility index (Phi) is 6.02. The van der Waals surface area contributed by atoms with Crippen molar-refractivity contribution < 1.29 is 19.2 Å². The third-order valence-corrected chi connectivity index (χ3v) is 7.05. The summed E-state index contributed by atoms with van der Waals surface area (Å²) in [5, 5.41) is 6.97. The van der Waals surface area contributed by atoms with Crippen molar-refractivity contribution in [1.29, 1.82) is 0 Å². The van der Waals surface area contributed by atoms with E-state index in [1.54, 1.807) is 28.6 Å². The average Bonchev–Trinajstić information content (AvgIpc) is 3.46. The molecule has 0 saturated carbocycles. The van der Waals surface area contributed by atoms with Crippen LogP contribution in [-0.4, -0.2) is 57.1 Å². The van der Waals surface area contributed by atoms with Gasteiger partial charge in [0.2, 0.25) is 11.8 Å². The van der Waals surface area contributed by atoms with Crippen molar-refractivity contribution in [3.8, 4) is 11.8 Å². The fourth-order valence-corrected chi connectivity index (χ4v) is 5.05. The number of urea groups is 1. The molecule has 4 heterocycles. The summed E-state index contributed by atoms with van der Waals surface area (Å²) >= 11 is 1.29. The second-order valence-corrected chi connectivity index (χ2v) is 9.26. The number of piperidine rings is 2. The van der Waals surface area contributed by atoms with Crippen LogP contribution in [-0.2, 0) is 16.1 Å². The molecule has 3 aliphatic heterocycles. The molecule has 1 aromatic heterocycles. The minimum absolute atomic E-state index is 0.125. The number of nitrogens with zero attached hydrogens (tertiary/aromatic N) is 3. The number of nitrogens with one attached hydrogen (secondary N) is 2. The van der Waals surface area contributed by atoms with Crippen LogP contribution in [0.1, 0.15) is 47.2 Å². The van der Waals surface area contributed by atoms with Gasteiger partial charge < -0.3 is 15.1 Å². The summed E-state index contributed by atoms with van der Waals surface area (Å²) in [6.45, 7) is 1.55. The molecule has 1 unspecified atom stereocenters. The number of amides is 5. The van der Waals surface area contributed by atoms with E-state index in [0.29, 0.717) is 37.3 Å². The maximum Gasteiger partial charge on any atom is 0.321 e. The highest BCUT2D eigenvalue weighted by molar-refractivity contribution is 7.04. The van der Waals surface area contributed by atoms with Crippen LogP contribution >= 0.6 is 11.5 Å². The first-order valence-corrected chi connectivity index (χ1v) is 12.1. The number of carbonyl (C=O) groups excluding carboxylic acids is 4. The molecule has 174 valence electrons. The molecule has 0 aliphatic carbocycles. The monoisotopic (exact) mass is 477 g/mol. The Hall–Kier alpha value is -3.71. The zero-order valence-corrected chi connectivity index (χ0v) is 19.2. The number of aromatic nitrogens is 1. The van der Waals surface area contributed by atoms with Gasteiger partial charge in [0.25, 0.3) is 5.91 Å². The summed E-state index contributed by atoms with van der Waals surface area (Å²) in [6.07, 6.45) is 3.74. The third kappa shape index (κ3) is 4.39. The van der Waals surface area contributed by atoms with Crippen LogP contribution in [0.5, 0.6) is 0 Å². The van der Waals surface area contributed by atoms with E-state index in [4.69, 9.17) is 0 Å². The van der Waals surface area contributed by atoms with E-state index in [-0.39, 0.29) is 30.2 Å². The molecule has 1 atom stereocenters. The fraction of sp³-hybridized carbons (Fsp3) is 0.375. The van der Waals surface area contributed by atoms with Crippen LogP contribution in [0.15, 0.2) is 29.8 Å². The number of imide groups is 1. The van der Waals surface area contributed by atoms with Crippen molar-refractivity contribution in [2.24, 2.45) is 5.92 Å². The first-order valence-electron chi connectivity index (χ1n) is 11.2. The normalized spacial score (nSPS) is 20.5. The Balaban J connectivity index is 1.23. The summed E-state index contributed by atoms with van der Waals surface area (Å²) in [6, 6.07) is 4.69. The van der Waals surface area contributed by atoms with Gasteiger partial charge in [0.1, 0.15) is 6.04 Å². The first kappa shape index (κ1) is 22.1. The van der Waals surface area contributed by atoms with E-state index in [2.05, 4.69) is 26.8 Å². The standard InChI is InChI=1S/C24H23N5O4S/c30-21-7-6-20(22(31)27-21)29-13-19-16(2-1-3-18(19)23(29)32)5-4-15-8-10-28(11-9-15)24(33)26-17-12-25-34-14-17/h1-3,12,14-15,20H,6-11,13H2,(H,26,33)(H,27,30,31). The third-order valence-electron chi connectivity index (χ3n) is 6.46.